The van der Waals surface area contributed by atoms with E-state index in [0.717, 1.165) is 13.1 Å². The zero-order valence-corrected chi connectivity index (χ0v) is 9.38. The van der Waals surface area contributed by atoms with Crippen molar-refractivity contribution in [3.63, 3.8) is 0 Å². The van der Waals surface area contributed by atoms with E-state index in [-0.39, 0.29) is 5.97 Å². The third kappa shape index (κ3) is 2.98. The maximum atomic E-state index is 11.3. The van der Waals surface area contributed by atoms with Crippen LogP contribution in [0.2, 0.25) is 0 Å². The van der Waals surface area contributed by atoms with Crippen molar-refractivity contribution >= 4 is 5.97 Å². The summed E-state index contributed by atoms with van der Waals surface area (Å²) in [6.07, 6.45) is 0.573. The number of carbonyl (C=O) groups is 1. The second-order valence-electron chi connectivity index (χ2n) is 4.34. The summed E-state index contributed by atoms with van der Waals surface area (Å²) in [5.41, 5.74) is 0. The van der Waals surface area contributed by atoms with Crippen molar-refractivity contribution in [3.05, 3.63) is 0 Å². The Morgan fingerprint density at radius 3 is 2.79 bits per heavy atom. The summed E-state index contributed by atoms with van der Waals surface area (Å²) in [6.45, 7) is 8.78. The van der Waals surface area contributed by atoms with Gasteiger partial charge in [0.25, 0.3) is 0 Å². The Kier molecular flexibility index (Phi) is 4.39. The van der Waals surface area contributed by atoms with Crippen LogP contribution < -0.4 is 5.32 Å². The predicted molar refractivity (Wildman–Crippen MR) is 55.9 cm³/mol. The van der Waals surface area contributed by atoms with Gasteiger partial charge in [-0.25, -0.2) is 0 Å². The number of ether oxygens (including phenoxy) is 1. The van der Waals surface area contributed by atoms with Gasteiger partial charge in [0.1, 0.15) is 0 Å². The summed E-state index contributed by atoms with van der Waals surface area (Å²) in [6, 6.07) is 0. The molecule has 0 bridgehead atoms. The van der Waals surface area contributed by atoms with Crippen LogP contribution in [0.3, 0.4) is 0 Å². The molecule has 0 radical (unpaired) electrons. The number of hydrogen-bond acceptors (Lipinski definition) is 3. The fraction of sp³-hybridized carbons (Fsp3) is 0.909. The maximum absolute atomic E-state index is 11.3. The first-order valence-corrected chi connectivity index (χ1v) is 5.51. The molecular weight excluding hydrogens is 178 g/mol. The highest BCUT2D eigenvalue weighted by molar-refractivity contribution is 5.69. The largest absolute Gasteiger partial charge is 0.466 e. The van der Waals surface area contributed by atoms with Crippen LogP contribution in [0.5, 0.6) is 0 Å². The van der Waals surface area contributed by atoms with E-state index in [1.165, 1.54) is 0 Å². The number of esters is 1. The highest BCUT2D eigenvalue weighted by Gasteiger charge is 2.31. The monoisotopic (exact) mass is 199 g/mol. The molecule has 0 aromatic carbocycles. The van der Waals surface area contributed by atoms with Crippen LogP contribution in [-0.4, -0.2) is 25.7 Å². The summed E-state index contributed by atoms with van der Waals surface area (Å²) < 4.78 is 4.97. The lowest BCUT2D eigenvalue weighted by Gasteiger charge is -2.20. The predicted octanol–water partition coefficient (Wildman–Crippen LogP) is 1.43. The van der Waals surface area contributed by atoms with Crippen LogP contribution in [0.1, 0.15) is 27.2 Å². The van der Waals surface area contributed by atoms with Gasteiger partial charge in [-0.2, -0.15) is 0 Å². The summed E-state index contributed by atoms with van der Waals surface area (Å²) in [4.78, 5) is 11.3. The molecule has 1 saturated heterocycles. The fourth-order valence-electron chi connectivity index (χ4n) is 2.19. The molecule has 0 aromatic heterocycles. The van der Waals surface area contributed by atoms with E-state index in [1.807, 2.05) is 6.92 Å². The fourth-order valence-corrected chi connectivity index (χ4v) is 2.19. The van der Waals surface area contributed by atoms with Crippen molar-refractivity contribution in [1.82, 2.24) is 5.32 Å². The van der Waals surface area contributed by atoms with E-state index in [9.17, 15) is 4.79 Å². The SMILES string of the molecule is CCOC(=O)C[C@H]1CNC[C@@H]1C(C)C. The standard InChI is InChI=1S/C11H21NO2/c1-4-14-11(13)5-9-6-12-7-10(9)8(2)3/h8-10,12H,4-7H2,1-3H3/t9-,10+/m0/s1. The minimum absolute atomic E-state index is 0.0492. The molecule has 0 saturated carbocycles. The van der Waals surface area contributed by atoms with Gasteiger partial charge in [0, 0.05) is 6.42 Å². The van der Waals surface area contributed by atoms with Crippen LogP contribution in [0.15, 0.2) is 0 Å². The lowest BCUT2D eigenvalue weighted by molar-refractivity contribution is -0.144. The molecule has 1 heterocycles. The normalized spacial score (nSPS) is 26.9. The van der Waals surface area contributed by atoms with Crippen LogP contribution >= 0.6 is 0 Å². The van der Waals surface area contributed by atoms with Crippen molar-refractivity contribution in [2.45, 2.75) is 27.2 Å². The van der Waals surface area contributed by atoms with Gasteiger partial charge in [-0.1, -0.05) is 13.8 Å². The highest BCUT2D eigenvalue weighted by Crippen LogP contribution is 2.27. The minimum atomic E-state index is -0.0492. The molecule has 1 rings (SSSR count). The third-order valence-corrected chi connectivity index (χ3v) is 2.98. The summed E-state index contributed by atoms with van der Waals surface area (Å²) in [5.74, 6) is 1.68. The van der Waals surface area contributed by atoms with Crippen molar-refractivity contribution in [1.29, 1.82) is 0 Å². The molecule has 0 aromatic rings. The average Bonchev–Trinajstić information content (AvgIpc) is 2.52. The van der Waals surface area contributed by atoms with Crippen LogP contribution in [0.25, 0.3) is 0 Å². The van der Waals surface area contributed by atoms with E-state index in [2.05, 4.69) is 19.2 Å². The minimum Gasteiger partial charge on any atom is -0.466 e. The van der Waals surface area contributed by atoms with E-state index >= 15 is 0 Å². The Morgan fingerprint density at radius 2 is 2.21 bits per heavy atom. The highest BCUT2D eigenvalue weighted by atomic mass is 16.5. The van der Waals surface area contributed by atoms with Crippen LogP contribution in [-0.2, 0) is 9.53 Å². The first-order valence-electron chi connectivity index (χ1n) is 5.51. The third-order valence-electron chi connectivity index (χ3n) is 2.98. The molecule has 82 valence electrons. The molecule has 0 unspecified atom stereocenters. The van der Waals surface area contributed by atoms with Gasteiger partial charge in [0.05, 0.1) is 6.61 Å². The number of carbonyl (C=O) groups excluding carboxylic acids is 1. The van der Waals surface area contributed by atoms with Gasteiger partial charge < -0.3 is 10.1 Å². The Balaban J connectivity index is 2.39. The molecule has 1 N–H and O–H groups in total. The van der Waals surface area contributed by atoms with Gasteiger partial charge in [0.2, 0.25) is 0 Å². The lowest BCUT2D eigenvalue weighted by Crippen LogP contribution is -2.22. The molecule has 3 heteroatoms. The van der Waals surface area contributed by atoms with Gasteiger partial charge in [-0.15, -0.1) is 0 Å². The van der Waals surface area contributed by atoms with Gasteiger partial charge in [-0.3, -0.25) is 4.79 Å². The first kappa shape index (κ1) is 11.5. The lowest BCUT2D eigenvalue weighted by atomic mass is 9.84. The number of rotatable bonds is 4. The number of nitrogens with one attached hydrogen (secondary N) is 1. The van der Waals surface area contributed by atoms with E-state index in [0.29, 0.717) is 30.8 Å². The number of hydrogen-bond donors (Lipinski definition) is 1. The Labute approximate surface area is 86.2 Å². The van der Waals surface area contributed by atoms with Crippen LogP contribution in [0, 0.1) is 17.8 Å². The van der Waals surface area contributed by atoms with E-state index in [4.69, 9.17) is 4.74 Å². The maximum Gasteiger partial charge on any atom is 0.306 e. The molecular formula is C11H21NO2. The van der Waals surface area contributed by atoms with E-state index < -0.39 is 0 Å². The van der Waals surface area contributed by atoms with Crippen molar-refractivity contribution in [2.24, 2.45) is 17.8 Å². The molecule has 1 aliphatic heterocycles. The average molecular weight is 199 g/mol. The summed E-state index contributed by atoms with van der Waals surface area (Å²) >= 11 is 0. The van der Waals surface area contributed by atoms with Crippen molar-refractivity contribution < 1.29 is 9.53 Å². The molecule has 2 atom stereocenters. The molecule has 1 aliphatic rings. The smallest absolute Gasteiger partial charge is 0.306 e. The molecule has 0 aliphatic carbocycles. The van der Waals surface area contributed by atoms with Gasteiger partial charge >= 0.3 is 5.97 Å². The van der Waals surface area contributed by atoms with Gasteiger partial charge in [0.15, 0.2) is 0 Å². The zero-order chi connectivity index (χ0) is 10.6. The second-order valence-corrected chi connectivity index (χ2v) is 4.34. The topological polar surface area (TPSA) is 38.3 Å². The zero-order valence-electron chi connectivity index (χ0n) is 9.38. The summed E-state index contributed by atoms with van der Waals surface area (Å²) in [5, 5.41) is 3.34. The molecule has 1 fully saturated rings. The Hall–Kier alpha value is -0.570. The molecule has 0 amide bonds. The van der Waals surface area contributed by atoms with E-state index in [1.54, 1.807) is 0 Å². The Morgan fingerprint density at radius 1 is 1.50 bits per heavy atom. The van der Waals surface area contributed by atoms with Crippen molar-refractivity contribution in [3.8, 4) is 0 Å². The summed E-state index contributed by atoms with van der Waals surface area (Å²) in [7, 11) is 0. The second kappa shape index (κ2) is 5.35. The quantitative estimate of drug-likeness (QED) is 0.696. The molecule has 3 nitrogen and oxygen atoms in total. The molecule has 14 heavy (non-hydrogen) atoms. The first-order chi connectivity index (χ1) is 6.65. The van der Waals surface area contributed by atoms with Crippen molar-refractivity contribution in [2.75, 3.05) is 19.7 Å². The van der Waals surface area contributed by atoms with Gasteiger partial charge in [-0.05, 0) is 37.8 Å². The Bertz CT molecular complexity index is 192. The molecule has 0 spiro atoms. The van der Waals surface area contributed by atoms with Crippen LogP contribution in [0.4, 0.5) is 0 Å².